The second-order valence-corrected chi connectivity index (χ2v) is 6.24. The van der Waals surface area contributed by atoms with E-state index in [9.17, 15) is 9.59 Å². The Hall–Kier alpha value is -2.76. The van der Waals surface area contributed by atoms with Gasteiger partial charge < -0.3 is 4.98 Å². The highest BCUT2D eigenvalue weighted by atomic mass is 16.1. The Morgan fingerprint density at radius 1 is 1.21 bits per heavy atom. The monoisotopic (exact) mass is 322 g/mol. The summed E-state index contributed by atoms with van der Waals surface area (Å²) in [4.78, 5) is 32.5. The summed E-state index contributed by atoms with van der Waals surface area (Å²) in [6, 6.07) is 9.47. The van der Waals surface area contributed by atoms with Crippen molar-refractivity contribution in [1.82, 2.24) is 19.7 Å². The van der Waals surface area contributed by atoms with E-state index in [4.69, 9.17) is 0 Å². The molecule has 0 amide bonds. The van der Waals surface area contributed by atoms with Gasteiger partial charge in [-0.05, 0) is 18.8 Å². The molecule has 0 unspecified atom stereocenters. The number of hydrogen-bond acceptors (Lipinski definition) is 4. The Labute approximate surface area is 138 Å². The molecule has 1 aromatic carbocycles. The zero-order valence-electron chi connectivity index (χ0n) is 13.5. The van der Waals surface area contributed by atoms with Gasteiger partial charge in [0.25, 0.3) is 11.1 Å². The molecule has 6 nitrogen and oxygen atoms in total. The van der Waals surface area contributed by atoms with Gasteiger partial charge in [-0.25, -0.2) is 9.67 Å². The summed E-state index contributed by atoms with van der Waals surface area (Å²) < 4.78 is 1.48. The lowest BCUT2D eigenvalue weighted by Gasteiger charge is -2.10. The van der Waals surface area contributed by atoms with Crippen molar-refractivity contribution in [2.45, 2.75) is 32.7 Å². The van der Waals surface area contributed by atoms with Crippen molar-refractivity contribution in [3.05, 3.63) is 56.9 Å². The molecule has 122 valence electrons. The molecule has 0 aliphatic heterocycles. The van der Waals surface area contributed by atoms with Gasteiger partial charge in [0.15, 0.2) is 0 Å². The van der Waals surface area contributed by atoms with E-state index in [1.54, 1.807) is 0 Å². The molecule has 4 rings (SSSR count). The van der Waals surface area contributed by atoms with E-state index in [1.165, 1.54) is 4.68 Å². The van der Waals surface area contributed by atoms with Gasteiger partial charge in [-0.2, -0.15) is 5.10 Å². The Kier molecular flexibility index (Phi) is 3.52. The van der Waals surface area contributed by atoms with E-state index >= 15 is 0 Å². The third-order valence-corrected chi connectivity index (χ3v) is 4.37. The number of aromatic nitrogens is 4. The lowest BCUT2D eigenvalue weighted by molar-refractivity contribution is 0.539. The largest absolute Gasteiger partial charge is 0.310 e. The highest BCUT2D eigenvalue weighted by molar-refractivity contribution is 5.90. The number of H-pyrrole nitrogens is 1. The molecule has 3 aromatic rings. The van der Waals surface area contributed by atoms with Crippen LogP contribution in [0.15, 0.2) is 39.9 Å². The van der Waals surface area contributed by atoms with Gasteiger partial charge in [0.1, 0.15) is 17.0 Å². The number of fused-ring (bicyclic) bond motifs is 1. The maximum atomic E-state index is 12.8. The van der Waals surface area contributed by atoms with Gasteiger partial charge in [0.2, 0.25) is 0 Å². The highest BCUT2D eigenvalue weighted by Gasteiger charge is 2.25. The SMILES string of the molecule is CCc1nc2c(=O)n(CC3CC3)nc(-c3ccccc3)c2c(=O)[nH]1. The van der Waals surface area contributed by atoms with Gasteiger partial charge in [-0.3, -0.25) is 9.59 Å². The van der Waals surface area contributed by atoms with Crippen LogP contribution in [0.4, 0.5) is 0 Å². The Morgan fingerprint density at radius 2 is 1.96 bits per heavy atom. The zero-order chi connectivity index (χ0) is 16.7. The minimum Gasteiger partial charge on any atom is -0.310 e. The van der Waals surface area contributed by atoms with Crippen molar-refractivity contribution >= 4 is 10.9 Å². The molecule has 1 aliphatic rings. The second kappa shape index (κ2) is 5.70. The van der Waals surface area contributed by atoms with E-state index in [2.05, 4.69) is 15.1 Å². The van der Waals surface area contributed by atoms with Crippen LogP contribution in [0.25, 0.3) is 22.2 Å². The molecule has 1 fully saturated rings. The fourth-order valence-corrected chi connectivity index (χ4v) is 2.87. The molecule has 2 heterocycles. The summed E-state index contributed by atoms with van der Waals surface area (Å²) in [6.45, 7) is 2.48. The van der Waals surface area contributed by atoms with Gasteiger partial charge in [-0.15, -0.1) is 0 Å². The van der Waals surface area contributed by atoms with Gasteiger partial charge in [0.05, 0.1) is 5.39 Å². The van der Waals surface area contributed by atoms with E-state index in [0.717, 1.165) is 18.4 Å². The molecule has 0 spiro atoms. The predicted molar refractivity (Wildman–Crippen MR) is 92.0 cm³/mol. The number of aromatic amines is 1. The van der Waals surface area contributed by atoms with Crippen LogP contribution in [0, 0.1) is 5.92 Å². The van der Waals surface area contributed by atoms with E-state index in [-0.39, 0.29) is 22.0 Å². The topological polar surface area (TPSA) is 80.6 Å². The van der Waals surface area contributed by atoms with Crippen molar-refractivity contribution in [2.75, 3.05) is 0 Å². The number of benzene rings is 1. The van der Waals surface area contributed by atoms with Crippen molar-refractivity contribution < 1.29 is 0 Å². The molecule has 24 heavy (non-hydrogen) atoms. The molecule has 1 aliphatic carbocycles. The van der Waals surface area contributed by atoms with Crippen molar-refractivity contribution in [3.63, 3.8) is 0 Å². The van der Waals surface area contributed by atoms with Gasteiger partial charge in [0, 0.05) is 18.5 Å². The van der Waals surface area contributed by atoms with Crippen LogP contribution in [0.1, 0.15) is 25.6 Å². The summed E-state index contributed by atoms with van der Waals surface area (Å²) in [5, 5.41) is 4.78. The number of nitrogens with one attached hydrogen (secondary N) is 1. The standard InChI is InChI=1S/C18H18N4O2/c1-2-13-19-16-14(17(23)20-13)15(12-6-4-3-5-7-12)21-22(18(16)24)10-11-8-9-11/h3-7,11H,2,8-10H2,1H3,(H,19,20,23). The van der Waals surface area contributed by atoms with Crippen LogP contribution in [-0.2, 0) is 13.0 Å². The third-order valence-electron chi connectivity index (χ3n) is 4.37. The first-order chi connectivity index (χ1) is 11.7. The third kappa shape index (κ3) is 2.54. The van der Waals surface area contributed by atoms with Crippen LogP contribution >= 0.6 is 0 Å². The lowest BCUT2D eigenvalue weighted by atomic mass is 10.1. The van der Waals surface area contributed by atoms with Crippen molar-refractivity contribution in [1.29, 1.82) is 0 Å². The minimum absolute atomic E-state index is 0.213. The number of aryl methyl sites for hydroxylation is 1. The van der Waals surface area contributed by atoms with E-state index in [1.807, 2.05) is 37.3 Å². The van der Waals surface area contributed by atoms with Crippen LogP contribution in [-0.4, -0.2) is 19.7 Å². The molecule has 1 N–H and O–H groups in total. The molecule has 0 bridgehead atoms. The highest BCUT2D eigenvalue weighted by Crippen LogP contribution is 2.30. The molecule has 0 radical (unpaired) electrons. The van der Waals surface area contributed by atoms with Crippen molar-refractivity contribution in [2.24, 2.45) is 5.92 Å². The molecule has 6 heteroatoms. The Balaban J connectivity index is 2.07. The fraction of sp³-hybridized carbons (Fsp3) is 0.333. The minimum atomic E-state index is -0.307. The zero-order valence-corrected chi connectivity index (χ0v) is 13.5. The summed E-state index contributed by atoms with van der Waals surface area (Å²) in [5.41, 5.74) is 0.951. The van der Waals surface area contributed by atoms with Crippen molar-refractivity contribution in [3.8, 4) is 11.3 Å². The van der Waals surface area contributed by atoms with Crippen LogP contribution < -0.4 is 11.1 Å². The van der Waals surface area contributed by atoms with E-state index < -0.39 is 0 Å². The van der Waals surface area contributed by atoms with E-state index in [0.29, 0.717) is 30.4 Å². The number of hydrogen-bond donors (Lipinski definition) is 1. The number of rotatable bonds is 4. The first-order valence-electron chi connectivity index (χ1n) is 8.26. The molecule has 1 saturated carbocycles. The summed E-state index contributed by atoms with van der Waals surface area (Å²) >= 11 is 0. The summed E-state index contributed by atoms with van der Waals surface area (Å²) in [7, 11) is 0. The Bertz CT molecular complexity index is 1020. The van der Waals surface area contributed by atoms with Crippen LogP contribution in [0.5, 0.6) is 0 Å². The smallest absolute Gasteiger partial charge is 0.293 e. The predicted octanol–water partition coefficient (Wildman–Crippen LogP) is 2.12. The molecule has 0 atom stereocenters. The first-order valence-corrected chi connectivity index (χ1v) is 8.26. The molecular weight excluding hydrogens is 304 g/mol. The molecule has 2 aromatic heterocycles. The number of nitrogens with zero attached hydrogens (tertiary/aromatic N) is 3. The lowest BCUT2D eigenvalue weighted by Crippen LogP contribution is -2.28. The Morgan fingerprint density at radius 3 is 2.62 bits per heavy atom. The summed E-state index contributed by atoms with van der Waals surface area (Å²) in [6.07, 6.45) is 2.81. The molecular formula is C18H18N4O2. The average molecular weight is 322 g/mol. The molecule has 0 saturated heterocycles. The normalized spacial score (nSPS) is 14.2. The van der Waals surface area contributed by atoms with Crippen LogP contribution in [0.3, 0.4) is 0 Å². The average Bonchev–Trinajstić information content (AvgIpc) is 3.42. The maximum Gasteiger partial charge on any atom is 0.293 e. The second-order valence-electron chi connectivity index (χ2n) is 6.24. The van der Waals surface area contributed by atoms with Gasteiger partial charge >= 0.3 is 0 Å². The quantitative estimate of drug-likeness (QED) is 0.798. The fourth-order valence-electron chi connectivity index (χ4n) is 2.87. The summed E-state index contributed by atoms with van der Waals surface area (Å²) in [5.74, 6) is 1.02. The first kappa shape index (κ1) is 14.8. The maximum absolute atomic E-state index is 12.8. The van der Waals surface area contributed by atoms with Crippen LogP contribution in [0.2, 0.25) is 0 Å². The van der Waals surface area contributed by atoms with Gasteiger partial charge in [-0.1, -0.05) is 37.3 Å².